The molecule has 0 fully saturated rings. The molecule has 1 aromatic rings. The first-order valence-electron chi connectivity index (χ1n) is 6.49. The molecule has 130 valence electrons. The molecule has 0 bridgehead atoms. The van der Waals surface area contributed by atoms with E-state index in [0.717, 1.165) is 29.4 Å². The average Bonchev–Trinajstić information content (AvgIpc) is 2.83. The molecule has 2 heterocycles. The maximum atomic E-state index is 13.7. The number of hydrogen-bond acceptors (Lipinski definition) is 4. The van der Waals surface area contributed by atoms with Crippen LogP contribution in [-0.2, 0) is 6.54 Å². The second-order valence-corrected chi connectivity index (χ2v) is 5.66. The SMILES string of the molecule is O=c1cc(CN2N=C(C(F)(F)F)CC2Cl)nc(F)ccc(Cl)c[nH]1. The van der Waals surface area contributed by atoms with Crippen molar-refractivity contribution in [2.24, 2.45) is 5.10 Å². The number of hydrogen-bond donors (Lipinski definition) is 1. The molecule has 0 aliphatic carbocycles. The third-order valence-corrected chi connectivity index (χ3v) is 3.48. The minimum Gasteiger partial charge on any atom is -0.328 e. The summed E-state index contributed by atoms with van der Waals surface area (Å²) in [5, 5.41) is 4.32. The third-order valence-electron chi connectivity index (χ3n) is 2.87. The Morgan fingerprint density at radius 1 is 1.38 bits per heavy atom. The Labute approximate surface area is 143 Å². The highest BCUT2D eigenvalue weighted by Crippen LogP contribution is 2.29. The van der Waals surface area contributed by atoms with Gasteiger partial charge in [0.05, 0.1) is 17.3 Å². The normalized spacial score (nSPS) is 17.5. The lowest BCUT2D eigenvalue weighted by atomic mass is 10.3. The van der Waals surface area contributed by atoms with Crippen molar-refractivity contribution in [3.63, 3.8) is 0 Å². The van der Waals surface area contributed by atoms with Crippen molar-refractivity contribution in [2.45, 2.75) is 24.6 Å². The van der Waals surface area contributed by atoms with E-state index < -0.39 is 35.3 Å². The first-order chi connectivity index (χ1) is 11.1. The summed E-state index contributed by atoms with van der Waals surface area (Å²) in [6, 6.07) is 3.02. The van der Waals surface area contributed by atoms with Gasteiger partial charge < -0.3 is 4.98 Å². The summed E-state index contributed by atoms with van der Waals surface area (Å²) in [7, 11) is 0. The van der Waals surface area contributed by atoms with Gasteiger partial charge in [0.15, 0.2) is 0 Å². The van der Waals surface area contributed by atoms with Gasteiger partial charge in [0, 0.05) is 18.7 Å². The maximum absolute atomic E-state index is 13.7. The molecule has 1 N–H and O–H groups in total. The molecule has 0 spiro atoms. The van der Waals surface area contributed by atoms with Gasteiger partial charge in [-0.3, -0.25) is 9.80 Å². The van der Waals surface area contributed by atoms with E-state index in [1.807, 2.05) is 0 Å². The molecular formula is C13H10Cl2F4N4O. The van der Waals surface area contributed by atoms with Crippen LogP contribution in [0.15, 0.2) is 34.3 Å². The van der Waals surface area contributed by atoms with Crippen LogP contribution in [0.4, 0.5) is 17.6 Å². The van der Waals surface area contributed by atoms with Gasteiger partial charge in [0.25, 0.3) is 0 Å². The summed E-state index contributed by atoms with van der Waals surface area (Å²) >= 11 is 11.5. The smallest absolute Gasteiger partial charge is 0.328 e. The molecular weight excluding hydrogens is 375 g/mol. The molecule has 5 nitrogen and oxygen atoms in total. The highest BCUT2D eigenvalue weighted by molar-refractivity contribution is 6.30. The molecule has 1 aromatic heterocycles. The molecule has 0 saturated carbocycles. The van der Waals surface area contributed by atoms with Crippen LogP contribution in [0.2, 0.25) is 5.02 Å². The van der Waals surface area contributed by atoms with Gasteiger partial charge in [-0.05, 0) is 12.1 Å². The van der Waals surface area contributed by atoms with Crippen molar-refractivity contribution in [1.82, 2.24) is 15.0 Å². The molecule has 0 saturated heterocycles. The molecule has 2 rings (SSSR count). The van der Waals surface area contributed by atoms with E-state index in [2.05, 4.69) is 15.1 Å². The van der Waals surface area contributed by atoms with E-state index in [-0.39, 0.29) is 17.3 Å². The Morgan fingerprint density at radius 2 is 2.08 bits per heavy atom. The number of hydrazone groups is 1. The van der Waals surface area contributed by atoms with E-state index in [1.165, 1.54) is 0 Å². The Kier molecular flexibility index (Phi) is 5.66. The fourth-order valence-corrected chi connectivity index (χ4v) is 2.19. The topological polar surface area (TPSA) is 61.4 Å². The minimum atomic E-state index is -4.61. The zero-order chi connectivity index (χ0) is 17.9. The average molecular weight is 385 g/mol. The van der Waals surface area contributed by atoms with Gasteiger partial charge >= 0.3 is 6.18 Å². The van der Waals surface area contributed by atoms with E-state index >= 15 is 0 Å². The van der Waals surface area contributed by atoms with Gasteiger partial charge in [-0.25, -0.2) is 4.98 Å². The van der Waals surface area contributed by atoms with Crippen LogP contribution >= 0.6 is 23.2 Å². The van der Waals surface area contributed by atoms with Crippen molar-refractivity contribution >= 4 is 28.9 Å². The summed E-state index contributed by atoms with van der Waals surface area (Å²) in [6.45, 7) is -0.375. The molecule has 0 amide bonds. The number of aromatic amines is 1. The molecule has 1 atom stereocenters. The fraction of sp³-hybridized carbons (Fsp3) is 0.308. The number of H-pyrrole nitrogens is 1. The monoisotopic (exact) mass is 384 g/mol. The number of alkyl halides is 4. The second kappa shape index (κ2) is 7.35. The predicted molar refractivity (Wildman–Crippen MR) is 80.7 cm³/mol. The van der Waals surface area contributed by atoms with Crippen molar-refractivity contribution in [1.29, 1.82) is 0 Å². The summed E-state index contributed by atoms with van der Waals surface area (Å²) in [6.07, 6.45) is -4.00. The zero-order valence-electron chi connectivity index (χ0n) is 11.8. The molecule has 11 heteroatoms. The first kappa shape index (κ1) is 18.5. The van der Waals surface area contributed by atoms with Gasteiger partial charge in [-0.15, -0.1) is 0 Å². The number of nitrogens with zero attached hydrogens (tertiary/aromatic N) is 3. The van der Waals surface area contributed by atoms with Crippen molar-refractivity contribution in [3.05, 3.63) is 51.4 Å². The summed E-state index contributed by atoms with van der Waals surface area (Å²) in [5.74, 6) is -0.979. The Morgan fingerprint density at radius 3 is 2.71 bits per heavy atom. The molecule has 0 radical (unpaired) electrons. The van der Waals surface area contributed by atoms with Crippen LogP contribution in [0.25, 0.3) is 0 Å². The lowest BCUT2D eigenvalue weighted by Gasteiger charge is -2.16. The third kappa shape index (κ3) is 5.07. The van der Waals surface area contributed by atoms with Crippen molar-refractivity contribution in [2.75, 3.05) is 0 Å². The van der Waals surface area contributed by atoms with Crippen LogP contribution in [0.1, 0.15) is 12.1 Å². The number of halogens is 6. The van der Waals surface area contributed by atoms with Crippen molar-refractivity contribution < 1.29 is 17.6 Å². The van der Waals surface area contributed by atoms with Crippen LogP contribution < -0.4 is 5.56 Å². The molecule has 1 aliphatic heterocycles. The zero-order valence-corrected chi connectivity index (χ0v) is 13.3. The van der Waals surface area contributed by atoms with Gasteiger partial charge in [-0.1, -0.05) is 23.2 Å². The maximum Gasteiger partial charge on any atom is 0.431 e. The Hall–Kier alpha value is -1.87. The van der Waals surface area contributed by atoms with Gasteiger partial charge in [-0.2, -0.15) is 22.7 Å². The van der Waals surface area contributed by atoms with E-state index in [4.69, 9.17) is 23.2 Å². The van der Waals surface area contributed by atoms with E-state index in [1.54, 1.807) is 0 Å². The molecule has 24 heavy (non-hydrogen) atoms. The highest BCUT2D eigenvalue weighted by Gasteiger charge is 2.42. The Bertz CT molecular complexity index is 764. The van der Waals surface area contributed by atoms with Crippen LogP contribution in [0.5, 0.6) is 0 Å². The summed E-state index contributed by atoms with van der Waals surface area (Å²) in [5.41, 5.74) is -2.96. The fourth-order valence-electron chi connectivity index (χ4n) is 1.81. The van der Waals surface area contributed by atoms with Gasteiger partial charge in [0.1, 0.15) is 11.2 Å². The molecule has 1 unspecified atom stereocenters. The summed E-state index contributed by atoms with van der Waals surface area (Å²) < 4.78 is 51.6. The van der Waals surface area contributed by atoms with E-state index in [0.29, 0.717) is 0 Å². The molecule has 0 aromatic carbocycles. The highest BCUT2D eigenvalue weighted by atomic mass is 35.5. The number of nitrogens with one attached hydrogen (secondary N) is 1. The number of aromatic nitrogens is 2. The summed E-state index contributed by atoms with van der Waals surface area (Å²) in [4.78, 5) is 17.5. The van der Waals surface area contributed by atoms with E-state index in [9.17, 15) is 22.4 Å². The molecule has 1 aliphatic rings. The lowest BCUT2D eigenvalue weighted by molar-refractivity contribution is -0.0601. The van der Waals surface area contributed by atoms with Gasteiger partial charge in [0.2, 0.25) is 11.5 Å². The largest absolute Gasteiger partial charge is 0.431 e. The van der Waals surface area contributed by atoms with Crippen LogP contribution in [0.3, 0.4) is 0 Å². The minimum absolute atomic E-state index is 0.0605. The number of rotatable bonds is 2. The standard InChI is InChI=1S/C13H10Cl2F4N4O/c14-7-1-2-11(16)21-8(3-12(24)20-5-7)6-23-10(15)4-9(22-23)13(17,18)19/h1-3,5,10H,4,6H2,(H,20,24). The first-order valence-corrected chi connectivity index (χ1v) is 7.31. The predicted octanol–water partition coefficient (Wildman–Crippen LogP) is 3.38. The van der Waals surface area contributed by atoms with Crippen molar-refractivity contribution in [3.8, 4) is 0 Å². The lowest BCUT2D eigenvalue weighted by Crippen LogP contribution is -2.23. The van der Waals surface area contributed by atoms with Crippen LogP contribution in [0, 0.1) is 5.95 Å². The second-order valence-electron chi connectivity index (χ2n) is 4.72. The quantitative estimate of drug-likeness (QED) is 0.483. The van der Waals surface area contributed by atoms with Crippen LogP contribution in [-0.4, -0.2) is 32.4 Å². The Balaban J connectivity index is 2.39.